The van der Waals surface area contributed by atoms with Gasteiger partial charge in [-0.25, -0.2) is 0 Å². The van der Waals surface area contributed by atoms with Crippen molar-refractivity contribution in [1.82, 2.24) is 15.0 Å². The molecule has 4 rings (SSSR count). The zero-order chi connectivity index (χ0) is 21.1. The number of nitrogens with zero attached hydrogens (tertiary/aromatic N) is 3. The molecule has 30 heavy (non-hydrogen) atoms. The maximum Gasteiger partial charge on any atom is 0.277 e. The van der Waals surface area contributed by atoms with Crippen molar-refractivity contribution in [2.45, 2.75) is 39.2 Å². The highest BCUT2D eigenvalue weighted by molar-refractivity contribution is 6.04. The molecule has 2 aromatic heterocycles. The molecular formula is C23H24N4O3. The Morgan fingerprint density at radius 3 is 2.80 bits per heavy atom. The molecule has 7 heteroatoms. The Bertz CT molecular complexity index is 1060. The summed E-state index contributed by atoms with van der Waals surface area (Å²) < 4.78 is 5.27. The van der Waals surface area contributed by atoms with E-state index >= 15 is 0 Å². The summed E-state index contributed by atoms with van der Waals surface area (Å²) in [5.74, 6) is 0.142. The molecule has 1 fully saturated rings. The van der Waals surface area contributed by atoms with Gasteiger partial charge in [-0.05, 0) is 69.0 Å². The van der Waals surface area contributed by atoms with E-state index in [9.17, 15) is 9.59 Å². The van der Waals surface area contributed by atoms with Crippen LogP contribution < -0.4 is 5.32 Å². The SMILES string of the molecule is Cc1cc(C(=O)N2CCCCC2C)ccc1NC(=O)c1cc(-c2cccnc2)on1. The highest BCUT2D eigenvalue weighted by Crippen LogP contribution is 2.23. The fourth-order valence-corrected chi connectivity index (χ4v) is 3.72. The van der Waals surface area contributed by atoms with Gasteiger partial charge in [-0.2, -0.15) is 0 Å². The van der Waals surface area contributed by atoms with Crippen molar-refractivity contribution in [1.29, 1.82) is 0 Å². The molecule has 3 aromatic rings. The Morgan fingerprint density at radius 2 is 2.07 bits per heavy atom. The fraction of sp³-hybridized carbons (Fsp3) is 0.304. The van der Waals surface area contributed by atoms with Gasteiger partial charge in [0.15, 0.2) is 11.5 Å². The van der Waals surface area contributed by atoms with Crippen molar-refractivity contribution in [3.8, 4) is 11.3 Å². The summed E-state index contributed by atoms with van der Waals surface area (Å²) in [4.78, 5) is 31.4. The Kier molecular flexibility index (Phi) is 5.61. The number of hydrogen-bond donors (Lipinski definition) is 1. The predicted molar refractivity (Wildman–Crippen MR) is 113 cm³/mol. The van der Waals surface area contributed by atoms with E-state index in [-0.39, 0.29) is 23.6 Å². The van der Waals surface area contributed by atoms with E-state index in [1.54, 1.807) is 36.7 Å². The molecule has 3 heterocycles. The Hall–Kier alpha value is -3.48. The van der Waals surface area contributed by atoms with E-state index in [2.05, 4.69) is 22.4 Å². The van der Waals surface area contributed by atoms with Crippen LogP contribution in [0.1, 0.15) is 52.6 Å². The lowest BCUT2D eigenvalue weighted by atomic mass is 10.0. The van der Waals surface area contributed by atoms with Crippen LogP contribution in [0.3, 0.4) is 0 Å². The van der Waals surface area contributed by atoms with Gasteiger partial charge in [0.05, 0.1) is 0 Å². The number of aromatic nitrogens is 2. The first kappa shape index (κ1) is 19.8. The number of pyridine rings is 1. The molecule has 1 atom stereocenters. The number of amides is 2. The minimum atomic E-state index is -0.374. The van der Waals surface area contributed by atoms with Crippen LogP contribution in [0.25, 0.3) is 11.3 Å². The highest BCUT2D eigenvalue weighted by Gasteiger charge is 2.24. The van der Waals surface area contributed by atoms with E-state index in [0.29, 0.717) is 17.0 Å². The molecule has 0 aliphatic carbocycles. The van der Waals surface area contributed by atoms with Gasteiger partial charge in [-0.3, -0.25) is 14.6 Å². The monoisotopic (exact) mass is 404 g/mol. The Morgan fingerprint density at radius 1 is 1.20 bits per heavy atom. The van der Waals surface area contributed by atoms with Gasteiger partial charge in [0.1, 0.15) is 0 Å². The Labute approximate surface area is 175 Å². The zero-order valence-corrected chi connectivity index (χ0v) is 17.1. The molecular weight excluding hydrogens is 380 g/mol. The molecule has 0 radical (unpaired) electrons. The first-order valence-corrected chi connectivity index (χ1v) is 10.1. The second kappa shape index (κ2) is 8.49. The minimum Gasteiger partial charge on any atom is -0.355 e. The molecule has 7 nitrogen and oxygen atoms in total. The largest absolute Gasteiger partial charge is 0.355 e. The van der Waals surface area contributed by atoms with Crippen LogP contribution in [0.5, 0.6) is 0 Å². The smallest absolute Gasteiger partial charge is 0.277 e. The van der Waals surface area contributed by atoms with Crippen molar-refractivity contribution in [3.05, 3.63) is 65.6 Å². The van der Waals surface area contributed by atoms with E-state index < -0.39 is 0 Å². The van der Waals surface area contributed by atoms with Gasteiger partial charge in [-0.1, -0.05) is 5.16 Å². The molecule has 154 valence electrons. The molecule has 1 N–H and O–H groups in total. The Balaban J connectivity index is 1.47. The first-order valence-electron chi connectivity index (χ1n) is 10.1. The molecule has 0 saturated carbocycles. The normalized spacial score (nSPS) is 16.3. The van der Waals surface area contributed by atoms with Gasteiger partial charge in [0.2, 0.25) is 0 Å². The van der Waals surface area contributed by atoms with Crippen molar-refractivity contribution < 1.29 is 14.1 Å². The molecule has 0 spiro atoms. The van der Waals surface area contributed by atoms with Crippen LogP contribution in [-0.2, 0) is 0 Å². The third-order valence-electron chi connectivity index (χ3n) is 5.47. The third kappa shape index (κ3) is 4.10. The summed E-state index contributed by atoms with van der Waals surface area (Å²) in [6.45, 7) is 4.76. The molecule has 1 saturated heterocycles. The average Bonchev–Trinajstić information content (AvgIpc) is 3.26. The van der Waals surface area contributed by atoms with Crippen LogP contribution in [0.15, 0.2) is 53.3 Å². The molecule has 1 aromatic carbocycles. The van der Waals surface area contributed by atoms with Crippen molar-refractivity contribution in [3.63, 3.8) is 0 Å². The number of hydrogen-bond acceptors (Lipinski definition) is 5. The maximum atomic E-state index is 12.9. The van der Waals surface area contributed by atoms with Crippen LogP contribution in [0.4, 0.5) is 5.69 Å². The second-order valence-corrected chi connectivity index (χ2v) is 7.65. The molecule has 1 unspecified atom stereocenters. The van der Waals surface area contributed by atoms with E-state index in [1.165, 1.54) is 6.42 Å². The number of carbonyl (C=O) groups is 2. The topological polar surface area (TPSA) is 88.3 Å². The van der Waals surface area contributed by atoms with E-state index in [4.69, 9.17) is 4.52 Å². The van der Waals surface area contributed by atoms with Gasteiger partial charge in [0.25, 0.3) is 11.8 Å². The number of rotatable bonds is 4. The molecule has 1 aliphatic rings. The number of benzene rings is 1. The standard InChI is InChI=1S/C23H24N4O3/c1-15-12-17(23(29)27-11-4-3-6-16(27)2)8-9-19(15)25-22(28)20-13-21(30-26-20)18-7-5-10-24-14-18/h5,7-10,12-14,16H,3-4,6,11H2,1-2H3,(H,25,28). The molecule has 0 bridgehead atoms. The third-order valence-corrected chi connectivity index (χ3v) is 5.47. The summed E-state index contributed by atoms with van der Waals surface area (Å²) in [7, 11) is 0. The lowest BCUT2D eigenvalue weighted by Gasteiger charge is -2.33. The van der Waals surface area contributed by atoms with Gasteiger partial charge < -0.3 is 14.7 Å². The van der Waals surface area contributed by atoms with E-state index in [1.807, 2.05) is 24.0 Å². The predicted octanol–water partition coefficient (Wildman–Crippen LogP) is 4.31. The van der Waals surface area contributed by atoms with Crippen molar-refractivity contribution >= 4 is 17.5 Å². The quantitative estimate of drug-likeness (QED) is 0.700. The molecule has 2 amide bonds. The van der Waals surface area contributed by atoms with Gasteiger partial charge >= 0.3 is 0 Å². The number of likely N-dealkylation sites (tertiary alicyclic amines) is 1. The fourth-order valence-electron chi connectivity index (χ4n) is 3.72. The van der Waals surface area contributed by atoms with Crippen LogP contribution >= 0.6 is 0 Å². The summed E-state index contributed by atoms with van der Waals surface area (Å²) in [6.07, 6.45) is 6.56. The van der Waals surface area contributed by atoms with E-state index in [0.717, 1.165) is 30.5 Å². The number of piperidine rings is 1. The molecule has 1 aliphatic heterocycles. The van der Waals surface area contributed by atoms with Crippen LogP contribution in [-0.4, -0.2) is 39.4 Å². The van der Waals surface area contributed by atoms with Crippen molar-refractivity contribution in [2.24, 2.45) is 0 Å². The zero-order valence-electron chi connectivity index (χ0n) is 17.1. The number of aryl methyl sites for hydroxylation is 1. The lowest BCUT2D eigenvalue weighted by molar-refractivity contribution is 0.0635. The summed E-state index contributed by atoms with van der Waals surface area (Å²) >= 11 is 0. The number of nitrogens with one attached hydrogen (secondary N) is 1. The lowest BCUT2D eigenvalue weighted by Crippen LogP contribution is -2.42. The minimum absolute atomic E-state index is 0.0424. The summed E-state index contributed by atoms with van der Waals surface area (Å²) in [5.41, 5.74) is 3.01. The first-order chi connectivity index (χ1) is 14.5. The van der Waals surface area contributed by atoms with Crippen LogP contribution in [0.2, 0.25) is 0 Å². The number of anilines is 1. The number of carbonyl (C=O) groups excluding carboxylic acids is 2. The van der Waals surface area contributed by atoms with Gasteiger partial charge in [-0.15, -0.1) is 0 Å². The maximum absolute atomic E-state index is 12.9. The second-order valence-electron chi connectivity index (χ2n) is 7.65. The summed E-state index contributed by atoms with van der Waals surface area (Å²) in [5, 5.41) is 6.70. The summed E-state index contributed by atoms with van der Waals surface area (Å²) in [6, 6.07) is 10.8. The average molecular weight is 404 g/mol. The highest BCUT2D eigenvalue weighted by atomic mass is 16.5. The van der Waals surface area contributed by atoms with Gasteiger partial charge in [0, 0.05) is 47.9 Å². The van der Waals surface area contributed by atoms with Crippen molar-refractivity contribution in [2.75, 3.05) is 11.9 Å². The van der Waals surface area contributed by atoms with Crippen LogP contribution in [0, 0.1) is 6.92 Å².